The molecular formula is C15H24N2O3. The normalized spacial score (nSPS) is 11.2. The molecule has 0 aliphatic heterocycles. The van der Waals surface area contributed by atoms with Crippen molar-refractivity contribution in [3.8, 4) is 0 Å². The van der Waals surface area contributed by atoms with Crippen molar-refractivity contribution in [1.29, 1.82) is 0 Å². The molecule has 1 rings (SSSR count). The van der Waals surface area contributed by atoms with Gasteiger partial charge in [0.25, 0.3) is 0 Å². The smallest absolute Gasteiger partial charge is 0.338 e. The lowest BCUT2D eigenvalue weighted by Crippen LogP contribution is -2.33. The molecule has 0 bridgehead atoms. The number of nitrogen functional groups attached to an aromatic ring is 1. The van der Waals surface area contributed by atoms with Crippen LogP contribution >= 0.6 is 0 Å². The van der Waals surface area contributed by atoms with Crippen LogP contribution in [0.2, 0.25) is 0 Å². The van der Waals surface area contributed by atoms with Gasteiger partial charge < -0.3 is 20.5 Å². The maximum absolute atomic E-state index is 11.6. The maximum atomic E-state index is 11.6. The van der Waals surface area contributed by atoms with Gasteiger partial charge in [-0.15, -0.1) is 0 Å². The Morgan fingerprint density at radius 2 is 2.00 bits per heavy atom. The van der Waals surface area contributed by atoms with E-state index in [1.54, 1.807) is 25.1 Å². The average Bonchev–Trinajstić information content (AvgIpc) is 2.37. The molecule has 1 aromatic carbocycles. The van der Waals surface area contributed by atoms with E-state index in [0.29, 0.717) is 31.0 Å². The van der Waals surface area contributed by atoms with E-state index in [0.717, 1.165) is 5.69 Å². The molecule has 0 heterocycles. The van der Waals surface area contributed by atoms with Crippen molar-refractivity contribution in [3.05, 3.63) is 23.8 Å². The Morgan fingerprint density at radius 1 is 1.30 bits per heavy atom. The van der Waals surface area contributed by atoms with Crippen LogP contribution in [0.5, 0.6) is 0 Å². The Labute approximate surface area is 120 Å². The number of rotatable bonds is 7. The zero-order valence-electron chi connectivity index (χ0n) is 12.7. The SMILES string of the molecule is CCOC(=O)c1ccc(NCC(C)(C)OCC)c(N)c1. The minimum absolute atomic E-state index is 0.277. The molecule has 0 saturated carbocycles. The molecule has 1 aromatic rings. The molecule has 5 nitrogen and oxygen atoms in total. The summed E-state index contributed by atoms with van der Waals surface area (Å²) in [5, 5.41) is 3.23. The Bertz CT molecular complexity index is 458. The van der Waals surface area contributed by atoms with E-state index < -0.39 is 0 Å². The van der Waals surface area contributed by atoms with Gasteiger partial charge in [-0.3, -0.25) is 0 Å². The lowest BCUT2D eigenvalue weighted by Gasteiger charge is -2.25. The summed E-state index contributed by atoms with van der Waals surface area (Å²) in [5.74, 6) is -0.361. The van der Waals surface area contributed by atoms with Crippen molar-refractivity contribution < 1.29 is 14.3 Å². The van der Waals surface area contributed by atoms with Gasteiger partial charge in [0.05, 0.1) is 29.1 Å². The highest BCUT2D eigenvalue weighted by atomic mass is 16.5. The van der Waals surface area contributed by atoms with Crippen LogP contribution in [0.25, 0.3) is 0 Å². The summed E-state index contributed by atoms with van der Waals surface area (Å²) in [6, 6.07) is 5.10. The van der Waals surface area contributed by atoms with Gasteiger partial charge in [-0.25, -0.2) is 4.79 Å². The van der Waals surface area contributed by atoms with E-state index in [1.807, 2.05) is 20.8 Å². The minimum Gasteiger partial charge on any atom is -0.462 e. The maximum Gasteiger partial charge on any atom is 0.338 e. The van der Waals surface area contributed by atoms with Crippen molar-refractivity contribution in [2.24, 2.45) is 0 Å². The first-order valence-corrected chi connectivity index (χ1v) is 6.84. The van der Waals surface area contributed by atoms with Gasteiger partial charge in [0.2, 0.25) is 0 Å². The number of nitrogens with one attached hydrogen (secondary N) is 1. The second-order valence-corrected chi connectivity index (χ2v) is 5.07. The van der Waals surface area contributed by atoms with E-state index in [-0.39, 0.29) is 11.6 Å². The molecule has 0 fully saturated rings. The summed E-state index contributed by atoms with van der Waals surface area (Å²) in [6.07, 6.45) is 0. The summed E-state index contributed by atoms with van der Waals surface area (Å²) >= 11 is 0. The molecular weight excluding hydrogens is 256 g/mol. The molecule has 5 heteroatoms. The van der Waals surface area contributed by atoms with Gasteiger partial charge in [0, 0.05) is 13.2 Å². The highest BCUT2D eigenvalue weighted by molar-refractivity contribution is 5.91. The summed E-state index contributed by atoms with van der Waals surface area (Å²) < 4.78 is 10.5. The van der Waals surface area contributed by atoms with E-state index >= 15 is 0 Å². The van der Waals surface area contributed by atoms with Gasteiger partial charge in [-0.05, 0) is 45.9 Å². The van der Waals surface area contributed by atoms with Crippen molar-refractivity contribution in [1.82, 2.24) is 0 Å². The van der Waals surface area contributed by atoms with Crippen LogP contribution in [0.1, 0.15) is 38.1 Å². The number of benzene rings is 1. The highest BCUT2D eigenvalue weighted by Crippen LogP contribution is 2.22. The molecule has 0 amide bonds. The Morgan fingerprint density at radius 3 is 2.55 bits per heavy atom. The quantitative estimate of drug-likeness (QED) is 0.593. The van der Waals surface area contributed by atoms with Crippen molar-refractivity contribution in [2.45, 2.75) is 33.3 Å². The molecule has 0 aliphatic rings. The van der Waals surface area contributed by atoms with Gasteiger partial charge in [0.1, 0.15) is 0 Å². The van der Waals surface area contributed by atoms with Gasteiger partial charge in [-0.2, -0.15) is 0 Å². The van der Waals surface area contributed by atoms with Crippen molar-refractivity contribution in [2.75, 3.05) is 30.8 Å². The van der Waals surface area contributed by atoms with E-state index in [4.69, 9.17) is 15.2 Å². The average molecular weight is 280 g/mol. The number of hydrogen-bond donors (Lipinski definition) is 2. The summed E-state index contributed by atoms with van der Waals surface area (Å²) in [4.78, 5) is 11.6. The van der Waals surface area contributed by atoms with E-state index in [2.05, 4.69) is 5.32 Å². The van der Waals surface area contributed by atoms with Crippen molar-refractivity contribution in [3.63, 3.8) is 0 Å². The summed E-state index contributed by atoms with van der Waals surface area (Å²) in [7, 11) is 0. The molecule has 0 radical (unpaired) electrons. The zero-order valence-corrected chi connectivity index (χ0v) is 12.7. The lowest BCUT2D eigenvalue weighted by molar-refractivity contribution is 0.000701. The van der Waals surface area contributed by atoms with Crippen molar-refractivity contribution >= 4 is 17.3 Å². The second-order valence-electron chi connectivity index (χ2n) is 5.07. The van der Waals surface area contributed by atoms with Crippen LogP contribution in [0.3, 0.4) is 0 Å². The fraction of sp³-hybridized carbons (Fsp3) is 0.533. The van der Waals surface area contributed by atoms with Crippen LogP contribution in [0.15, 0.2) is 18.2 Å². The Hall–Kier alpha value is -1.75. The first-order valence-electron chi connectivity index (χ1n) is 6.84. The van der Waals surface area contributed by atoms with E-state index in [1.165, 1.54) is 0 Å². The molecule has 0 atom stereocenters. The standard InChI is InChI=1S/C15H24N2O3/c1-5-19-14(18)11-7-8-13(12(16)9-11)17-10-15(3,4)20-6-2/h7-9,17H,5-6,10,16H2,1-4H3. The van der Waals surface area contributed by atoms with Gasteiger partial charge >= 0.3 is 5.97 Å². The monoisotopic (exact) mass is 280 g/mol. The third-order valence-electron chi connectivity index (χ3n) is 2.80. The molecule has 20 heavy (non-hydrogen) atoms. The summed E-state index contributed by atoms with van der Waals surface area (Å²) in [5.41, 5.74) is 7.43. The van der Waals surface area contributed by atoms with Crippen LogP contribution in [-0.4, -0.2) is 31.3 Å². The molecule has 0 unspecified atom stereocenters. The number of ether oxygens (including phenoxy) is 2. The van der Waals surface area contributed by atoms with Gasteiger partial charge in [-0.1, -0.05) is 0 Å². The molecule has 0 aromatic heterocycles. The Balaban J connectivity index is 2.71. The predicted octanol–water partition coefficient (Wildman–Crippen LogP) is 2.67. The number of carbonyl (C=O) groups excluding carboxylic acids is 1. The minimum atomic E-state index is -0.361. The van der Waals surface area contributed by atoms with E-state index in [9.17, 15) is 4.79 Å². The fourth-order valence-electron chi connectivity index (χ4n) is 1.81. The second kappa shape index (κ2) is 7.14. The molecule has 3 N–H and O–H groups in total. The molecule has 0 aliphatic carbocycles. The number of nitrogens with two attached hydrogens (primary N) is 1. The van der Waals surface area contributed by atoms with Crippen LogP contribution in [0.4, 0.5) is 11.4 Å². The fourth-order valence-corrected chi connectivity index (χ4v) is 1.81. The summed E-state index contributed by atoms with van der Waals surface area (Å²) in [6.45, 7) is 9.38. The third kappa shape index (κ3) is 4.74. The number of esters is 1. The van der Waals surface area contributed by atoms with Crippen LogP contribution in [0, 0.1) is 0 Å². The first kappa shape index (κ1) is 16.3. The number of hydrogen-bond acceptors (Lipinski definition) is 5. The molecule has 0 saturated heterocycles. The van der Waals surface area contributed by atoms with Gasteiger partial charge in [0.15, 0.2) is 0 Å². The lowest BCUT2D eigenvalue weighted by atomic mass is 10.1. The molecule has 112 valence electrons. The van der Waals surface area contributed by atoms with Crippen LogP contribution < -0.4 is 11.1 Å². The third-order valence-corrected chi connectivity index (χ3v) is 2.80. The highest BCUT2D eigenvalue weighted by Gasteiger charge is 2.18. The molecule has 0 spiro atoms. The number of anilines is 2. The predicted molar refractivity (Wildman–Crippen MR) is 81.0 cm³/mol. The first-order chi connectivity index (χ1) is 9.39. The zero-order chi connectivity index (χ0) is 15.2. The largest absolute Gasteiger partial charge is 0.462 e. The van der Waals surface area contributed by atoms with Crippen LogP contribution in [-0.2, 0) is 9.47 Å². The Kier molecular flexibility index (Phi) is 5.82. The number of carbonyl (C=O) groups is 1. The topological polar surface area (TPSA) is 73.6 Å².